The number of aromatic nitrogens is 3. The van der Waals surface area contributed by atoms with E-state index in [0.29, 0.717) is 12.6 Å². The van der Waals surface area contributed by atoms with Crippen molar-refractivity contribution in [2.45, 2.75) is 63.6 Å². The SMILES string of the molecule is CN=C(NCc1ncnn1C)N[C@@H]1CCCN(C2CCCCC2)C1. The van der Waals surface area contributed by atoms with Crippen molar-refractivity contribution in [2.24, 2.45) is 12.0 Å². The second kappa shape index (κ2) is 8.46. The van der Waals surface area contributed by atoms with Crippen LogP contribution in [0.15, 0.2) is 11.3 Å². The van der Waals surface area contributed by atoms with Crippen LogP contribution in [0.1, 0.15) is 50.8 Å². The molecule has 0 spiro atoms. The predicted molar refractivity (Wildman–Crippen MR) is 95.8 cm³/mol. The molecule has 0 bridgehead atoms. The van der Waals surface area contributed by atoms with Crippen molar-refractivity contribution in [3.63, 3.8) is 0 Å². The highest BCUT2D eigenvalue weighted by molar-refractivity contribution is 5.79. The number of hydrogen-bond acceptors (Lipinski definition) is 4. The highest BCUT2D eigenvalue weighted by Gasteiger charge is 2.27. The maximum atomic E-state index is 4.37. The fourth-order valence-electron chi connectivity index (χ4n) is 3.93. The summed E-state index contributed by atoms with van der Waals surface area (Å²) in [6, 6.07) is 1.28. The van der Waals surface area contributed by atoms with Gasteiger partial charge in [-0.25, -0.2) is 4.98 Å². The Morgan fingerprint density at radius 1 is 1.25 bits per heavy atom. The van der Waals surface area contributed by atoms with Crippen molar-refractivity contribution >= 4 is 5.96 Å². The van der Waals surface area contributed by atoms with Crippen molar-refractivity contribution in [3.8, 4) is 0 Å². The molecule has 7 nitrogen and oxygen atoms in total. The first-order valence-electron chi connectivity index (χ1n) is 9.30. The lowest BCUT2D eigenvalue weighted by Gasteiger charge is -2.40. The number of rotatable bonds is 4. The van der Waals surface area contributed by atoms with Crippen molar-refractivity contribution in [2.75, 3.05) is 20.1 Å². The summed E-state index contributed by atoms with van der Waals surface area (Å²) in [4.78, 5) is 11.3. The number of hydrogen-bond donors (Lipinski definition) is 2. The lowest BCUT2D eigenvalue weighted by molar-refractivity contribution is 0.115. The Hall–Kier alpha value is -1.63. The van der Waals surface area contributed by atoms with E-state index in [1.54, 1.807) is 11.0 Å². The molecule has 2 N–H and O–H groups in total. The molecule has 1 aromatic heterocycles. The Labute approximate surface area is 144 Å². The van der Waals surface area contributed by atoms with E-state index < -0.39 is 0 Å². The molecule has 1 atom stereocenters. The van der Waals surface area contributed by atoms with Crippen LogP contribution >= 0.6 is 0 Å². The number of nitrogens with zero attached hydrogens (tertiary/aromatic N) is 5. The molecule has 7 heteroatoms. The summed E-state index contributed by atoms with van der Waals surface area (Å²) in [7, 11) is 3.73. The molecule has 134 valence electrons. The van der Waals surface area contributed by atoms with Crippen LogP contribution in [-0.4, -0.2) is 57.8 Å². The van der Waals surface area contributed by atoms with Crippen molar-refractivity contribution in [1.29, 1.82) is 0 Å². The van der Waals surface area contributed by atoms with Gasteiger partial charge in [-0.1, -0.05) is 19.3 Å². The van der Waals surface area contributed by atoms with Crippen LogP contribution in [0.4, 0.5) is 0 Å². The van der Waals surface area contributed by atoms with Gasteiger partial charge in [-0.2, -0.15) is 5.10 Å². The first-order chi connectivity index (χ1) is 11.8. The first kappa shape index (κ1) is 17.2. The number of aryl methyl sites for hydroxylation is 1. The largest absolute Gasteiger partial charge is 0.352 e. The third-order valence-corrected chi connectivity index (χ3v) is 5.33. The summed E-state index contributed by atoms with van der Waals surface area (Å²) >= 11 is 0. The van der Waals surface area contributed by atoms with Gasteiger partial charge < -0.3 is 10.6 Å². The molecule has 0 amide bonds. The van der Waals surface area contributed by atoms with Crippen LogP contribution in [0.3, 0.4) is 0 Å². The summed E-state index contributed by atoms with van der Waals surface area (Å²) in [6.07, 6.45) is 11.1. The molecule has 0 aromatic carbocycles. The van der Waals surface area contributed by atoms with E-state index in [1.807, 2.05) is 14.1 Å². The Bertz CT molecular complexity index is 533. The Balaban J connectivity index is 1.48. The zero-order valence-corrected chi connectivity index (χ0v) is 15.0. The molecule has 1 saturated carbocycles. The minimum atomic E-state index is 0.478. The van der Waals surface area contributed by atoms with Gasteiger partial charge in [0, 0.05) is 32.7 Å². The molecule has 2 fully saturated rings. The quantitative estimate of drug-likeness (QED) is 0.641. The van der Waals surface area contributed by atoms with Gasteiger partial charge in [0.2, 0.25) is 0 Å². The van der Waals surface area contributed by atoms with Crippen molar-refractivity contribution < 1.29 is 0 Å². The van der Waals surface area contributed by atoms with Gasteiger partial charge in [-0.3, -0.25) is 14.6 Å². The second-order valence-electron chi connectivity index (χ2n) is 7.00. The van der Waals surface area contributed by atoms with Crippen LogP contribution in [0.25, 0.3) is 0 Å². The van der Waals surface area contributed by atoms with Crippen LogP contribution in [0, 0.1) is 0 Å². The molecule has 1 aliphatic heterocycles. The Morgan fingerprint density at radius 2 is 2.08 bits per heavy atom. The summed E-state index contributed by atoms with van der Waals surface area (Å²) < 4.78 is 1.78. The van der Waals surface area contributed by atoms with Crippen LogP contribution in [0.5, 0.6) is 0 Å². The van der Waals surface area contributed by atoms with E-state index >= 15 is 0 Å². The van der Waals surface area contributed by atoms with Gasteiger partial charge in [0.05, 0.1) is 6.54 Å². The maximum absolute atomic E-state index is 4.37. The molecule has 1 saturated heterocycles. The first-order valence-corrected chi connectivity index (χ1v) is 9.30. The van der Waals surface area contributed by atoms with Gasteiger partial charge in [0.25, 0.3) is 0 Å². The molecule has 3 rings (SSSR count). The number of aliphatic imine (C=N–C) groups is 1. The van der Waals surface area contributed by atoms with Gasteiger partial charge in [0.1, 0.15) is 12.2 Å². The summed E-state index contributed by atoms with van der Waals surface area (Å²) in [5.74, 6) is 1.76. The number of likely N-dealkylation sites (tertiary alicyclic amines) is 1. The molecular formula is C17H31N7. The third kappa shape index (κ3) is 4.47. The monoisotopic (exact) mass is 333 g/mol. The highest BCUT2D eigenvalue weighted by atomic mass is 15.3. The van der Waals surface area contributed by atoms with Crippen molar-refractivity contribution in [1.82, 2.24) is 30.3 Å². The van der Waals surface area contributed by atoms with E-state index in [9.17, 15) is 0 Å². The van der Waals surface area contributed by atoms with E-state index in [4.69, 9.17) is 0 Å². The topological polar surface area (TPSA) is 70.4 Å². The van der Waals surface area contributed by atoms with E-state index in [-0.39, 0.29) is 0 Å². The highest BCUT2D eigenvalue weighted by Crippen LogP contribution is 2.25. The molecule has 2 aliphatic rings. The second-order valence-corrected chi connectivity index (χ2v) is 7.00. The van der Waals surface area contributed by atoms with Crippen LogP contribution < -0.4 is 10.6 Å². The average molecular weight is 333 g/mol. The van der Waals surface area contributed by atoms with Crippen LogP contribution in [0.2, 0.25) is 0 Å². The fourth-order valence-corrected chi connectivity index (χ4v) is 3.93. The summed E-state index contributed by atoms with van der Waals surface area (Å²) in [6.45, 7) is 3.03. The zero-order valence-electron chi connectivity index (χ0n) is 15.0. The van der Waals surface area contributed by atoms with Crippen molar-refractivity contribution in [3.05, 3.63) is 12.2 Å². The molecule has 24 heavy (non-hydrogen) atoms. The summed E-state index contributed by atoms with van der Waals surface area (Å²) in [5.41, 5.74) is 0. The molecule has 2 heterocycles. The van der Waals surface area contributed by atoms with Gasteiger partial charge in [-0.15, -0.1) is 0 Å². The molecule has 1 aliphatic carbocycles. The maximum Gasteiger partial charge on any atom is 0.191 e. The molecule has 1 aromatic rings. The lowest BCUT2D eigenvalue weighted by atomic mass is 9.92. The minimum absolute atomic E-state index is 0.478. The van der Waals surface area contributed by atoms with E-state index in [1.165, 1.54) is 51.5 Å². The van der Waals surface area contributed by atoms with Gasteiger partial charge in [-0.05, 0) is 32.2 Å². The summed E-state index contributed by atoms with van der Waals surface area (Å²) in [5, 5.41) is 11.0. The number of nitrogens with one attached hydrogen (secondary N) is 2. The zero-order chi connectivity index (χ0) is 16.8. The number of guanidine groups is 1. The molecule has 0 radical (unpaired) electrons. The van der Waals surface area contributed by atoms with Gasteiger partial charge in [0.15, 0.2) is 5.96 Å². The average Bonchev–Trinajstić information content (AvgIpc) is 3.04. The minimum Gasteiger partial charge on any atom is -0.352 e. The standard InChI is InChI=1S/C17H31N7/c1-18-17(19-11-16-20-13-21-23(16)2)22-14-7-6-10-24(12-14)15-8-4-3-5-9-15/h13-15H,3-12H2,1-2H3,(H2,18,19,22)/t14-/m1/s1. The smallest absolute Gasteiger partial charge is 0.191 e. The Morgan fingerprint density at radius 3 is 2.79 bits per heavy atom. The van der Waals surface area contributed by atoms with Crippen LogP contribution in [-0.2, 0) is 13.6 Å². The third-order valence-electron chi connectivity index (χ3n) is 5.33. The molecule has 0 unspecified atom stereocenters. The van der Waals surface area contributed by atoms with E-state index in [2.05, 4.69) is 30.6 Å². The normalized spacial score (nSPS) is 24.1. The lowest BCUT2D eigenvalue weighted by Crippen LogP contribution is -2.53. The Kier molecular flexibility index (Phi) is 6.07. The molecular weight excluding hydrogens is 302 g/mol. The predicted octanol–water partition coefficient (Wildman–Crippen LogP) is 1.28. The van der Waals surface area contributed by atoms with Gasteiger partial charge >= 0.3 is 0 Å². The fraction of sp³-hybridized carbons (Fsp3) is 0.824. The number of piperidine rings is 1. The van der Waals surface area contributed by atoms with E-state index in [0.717, 1.165) is 24.4 Å².